The van der Waals surface area contributed by atoms with Gasteiger partial charge in [0.15, 0.2) is 0 Å². The number of hydrogen-bond acceptors (Lipinski definition) is 3. The monoisotopic (exact) mass is 255 g/mol. The summed E-state index contributed by atoms with van der Waals surface area (Å²) >= 11 is 0. The summed E-state index contributed by atoms with van der Waals surface area (Å²) in [7, 11) is 0. The Labute approximate surface area is 109 Å². The first-order chi connectivity index (χ1) is 8.53. The van der Waals surface area contributed by atoms with Gasteiger partial charge in [-0.15, -0.1) is 0 Å². The zero-order valence-corrected chi connectivity index (χ0v) is 11.3. The van der Waals surface area contributed by atoms with Gasteiger partial charge in [-0.2, -0.15) is 0 Å². The minimum atomic E-state index is -0.462. The highest BCUT2D eigenvalue weighted by molar-refractivity contribution is 5.84. The molecule has 0 unspecified atom stereocenters. The van der Waals surface area contributed by atoms with E-state index in [1.54, 1.807) is 0 Å². The quantitative estimate of drug-likeness (QED) is 0.729. The van der Waals surface area contributed by atoms with Crippen molar-refractivity contribution in [2.24, 2.45) is 16.9 Å². The SMILES string of the molecule is CCN(CC(N)=O)C(=O)CC1(CN)CCCCC1. The van der Waals surface area contributed by atoms with Crippen LogP contribution in [0.2, 0.25) is 0 Å². The van der Waals surface area contributed by atoms with Crippen molar-refractivity contribution in [1.29, 1.82) is 0 Å². The number of rotatable bonds is 6. The summed E-state index contributed by atoms with van der Waals surface area (Å²) < 4.78 is 0. The van der Waals surface area contributed by atoms with E-state index in [4.69, 9.17) is 11.5 Å². The Morgan fingerprint density at radius 3 is 2.28 bits per heavy atom. The number of nitrogens with zero attached hydrogens (tertiary/aromatic N) is 1. The highest BCUT2D eigenvalue weighted by Crippen LogP contribution is 2.38. The van der Waals surface area contributed by atoms with Crippen molar-refractivity contribution in [3.63, 3.8) is 0 Å². The predicted molar refractivity (Wildman–Crippen MR) is 70.6 cm³/mol. The smallest absolute Gasteiger partial charge is 0.237 e. The molecule has 18 heavy (non-hydrogen) atoms. The van der Waals surface area contributed by atoms with Crippen LogP contribution >= 0.6 is 0 Å². The van der Waals surface area contributed by atoms with Crippen LogP contribution in [-0.2, 0) is 9.59 Å². The molecule has 0 atom stereocenters. The second kappa shape index (κ2) is 6.73. The summed E-state index contributed by atoms with van der Waals surface area (Å²) in [5.41, 5.74) is 11.0. The van der Waals surface area contributed by atoms with Crippen molar-refractivity contribution >= 4 is 11.8 Å². The van der Waals surface area contributed by atoms with Crippen LogP contribution in [0.3, 0.4) is 0 Å². The minimum Gasteiger partial charge on any atom is -0.368 e. The van der Waals surface area contributed by atoms with E-state index in [0.717, 1.165) is 25.7 Å². The molecule has 5 nitrogen and oxygen atoms in total. The zero-order valence-electron chi connectivity index (χ0n) is 11.3. The van der Waals surface area contributed by atoms with E-state index >= 15 is 0 Å². The van der Waals surface area contributed by atoms with Crippen LogP contribution < -0.4 is 11.5 Å². The fourth-order valence-corrected chi connectivity index (χ4v) is 2.75. The summed E-state index contributed by atoms with van der Waals surface area (Å²) in [4.78, 5) is 24.6. The molecule has 0 spiro atoms. The van der Waals surface area contributed by atoms with Crippen molar-refractivity contribution in [2.45, 2.75) is 45.4 Å². The maximum absolute atomic E-state index is 12.2. The molecule has 1 saturated carbocycles. The standard InChI is InChI=1S/C13H25N3O2/c1-2-16(9-11(15)17)12(18)8-13(10-14)6-4-3-5-7-13/h2-10,14H2,1H3,(H2,15,17). The van der Waals surface area contributed by atoms with Gasteiger partial charge < -0.3 is 16.4 Å². The fourth-order valence-electron chi connectivity index (χ4n) is 2.75. The van der Waals surface area contributed by atoms with E-state index in [2.05, 4.69) is 0 Å². The molecule has 4 N–H and O–H groups in total. The molecule has 0 aliphatic heterocycles. The van der Waals surface area contributed by atoms with Crippen LogP contribution in [0.5, 0.6) is 0 Å². The Kier molecular flexibility index (Phi) is 5.59. The first-order valence-corrected chi connectivity index (χ1v) is 6.79. The van der Waals surface area contributed by atoms with Crippen LogP contribution in [-0.4, -0.2) is 36.3 Å². The van der Waals surface area contributed by atoms with Gasteiger partial charge in [-0.05, 0) is 31.7 Å². The fraction of sp³-hybridized carbons (Fsp3) is 0.846. The third kappa shape index (κ3) is 3.98. The van der Waals surface area contributed by atoms with Crippen molar-refractivity contribution in [3.05, 3.63) is 0 Å². The molecule has 0 radical (unpaired) electrons. The normalized spacial score (nSPS) is 18.3. The van der Waals surface area contributed by atoms with Gasteiger partial charge in [0.05, 0.1) is 6.54 Å². The Morgan fingerprint density at radius 2 is 1.83 bits per heavy atom. The summed E-state index contributed by atoms with van der Waals surface area (Å²) in [6, 6.07) is 0. The van der Waals surface area contributed by atoms with Crippen LogP contribution in [0.25, 0.3) is 0 Å². The number of carbonyl (C=O) groups excluding carboxylic acids is 2. The Morgan fingerprint density at radius 1 is 1.22 bits per heavy atom. The highest BCUT2D eigenvalue weighted by atomic mass is 16.2. The second-order valence-electron chi connectivity index (χ2n) is 5.32. The number of nitrogens with two attached hydrogens (primary N) is 2. The molecular formula is C13H25N3O2. The van der Waals surface area contributed by atoms with Gasteiger partial charge in [0.25, 0.3) is 0 Å². The molecule has 104 valence electrons. The zero-order chi connectivity index (χ0) is 13.6. The molecule has 1 aliphatic carbocycles. The Hall–Kier alpha value is -1.10. The number of amides is 2. The molecule has 0 aromatic rings. The van der Waals surface area contributed by atoms with Crippen molar-refractivity contribution in [3.8, 4) is 0 Å². The molecule has 2 amide bonds. The lowest BCUT2D eigenvalue weighted by Gasteiger charge is -2.37. The number of hydrogen-bond donors (Lipinski definition) is 2. The molecule has 1 aliphatic rings. The number of carbonyl (C=O) groups is 2. The molecular weight excluding hydrogens is 230 g/mol. The molecule has 5 heteroatoms. The second-order valence-corrected chi connectivity index (χ2v) is 5.32. The van der Waals surface area contributed by atoms with Crippen LogP contribution in [0.15, 0.2) is 0 Å². The number of likely N-dealkylation sites (N-methyl/N-ethyl adjacent to an activating group) is 1. The van der Waals surface area contributed by atoms with Crippen LogP contribution in [0, 0.1) is 5.41 Å². The summed E-state index contributed by atoms with van der Waals surface area (Å²) in [6.45, 7) is 2.93. The first kappa shape index (κ1) is 15.0. The lowest BCUT2D eigenvalue weighted by atomic mass is 9.71. The third-order valence-corrected chi connectivity index (χ3v) is 3.95. The molecule has 0 aromatic carbocycles. The topological polar surface area (TPSA) is 89.4 Å². The maximum atomic E-state index is 12.2. The van der Waals surface area contributed by atoms with E-state index in [1.807, 2.05) is 6.92 Å². The largest absolute Gasteiger partial charge is 0.368 e. The van der Waals surface area contributed by atoms with E-state index in [1.165, 1.54) is 11.3 Å². The summed E-state index contributed by atoms with van der Waals surface area (Å²) in [5, 5.41) is 0. The highest BCUT2D eigenvalue weighted by Gasteiger charge is 2.34. The lowest BCUT2D eigenvalue weighted by molar-refractivity contribution is -0.137. The van der Waals surface area contributed by atoms with Gasteiger partial charge in [-0.3, -0.25) is 9.59 Å². The van der Waals surface area contributed by atoms with Gasteiger partial charge >= 0.3 is 0 Å². The maximum Gasteiger partial charge on any atom is 0.237 e. The van der Waals surface area contributed by atoms with Crippen LogP contribution in [0.1, 0.15) is 45.4 Å². The Bertz CT molecular complexity index is 299. The van der Waals surface area contributed by atoms with Crippen LogP contribution in [0.4, 0.5) is 0 Å². The van der Waals surface area contributed by atoms with Crippen molar-refractivity contribution < 1.29 is 9.59 Å². The van der Waals surface area contributed by atoms with Crippen molar-refractivity contribution in [2.75, 3.05) is 19.6 Å². The average Bonchev–Trinajstić information content (AvgIpc) is 2.36. The van der Waals surface area contributed by atoms with Crippen molar-refractivity contribution in [1.82, 2.24) is 4.90 Å². The molecule has 1 fully saturated rings. The predicted octanol–water partition coefficient (Wildman–Crippen LogP) is 0.620. The summed E-state index contributed by atoms with van der Waals surface area (Å²) in [5.74, 6) is -0.459. The molecule has 0 aromatic heterocycles. The van der Waals surface area contributed by atoms with E-state index < -0.39 is 5.91 Å². The van der Waals surface area contributed by atoms with E-state index in [0.29, 0.717) is 19.5 Å². The molecule has 0 heterocycles. The van der Waals surface area contributed by atoms with Gasteiger partial charge in [-0.25, -0.2) is 0 Å². The lowest BCUT2D eigenvalue weighted by Crippen LogP contribution is -2.43. The third-order valence-electron chi connectivity index (χ3n) is 3.95. The molecule has 0 bridgehead atoms. The summed E-state index contributed by atoms with van der Waals surface area (Å²) in [6.07, 6.45) is 6.00. The van der Waals surface area contributed by atoms with Gasteiger partial charge in [0.1, 0.15) is 0 Å². The van der Waals surface area contributed by atoms with E-state index in [-0.39, 0.29) is 17.9 Å². The average molecular weight is 255 g/mol. The molecule has 1 rings (SSSR count). The first-order valence-electron chi connectivity index (χ1n) is 6.79. The minimum absolute atomic E-state index is 0.00338. The van der Waals surface area contributed by atoms with Gasteiger partial charge in [0.2, 0.25) is 11.8 Å². The number of primary amides is 1. The Balaban J connectivity index is 2.62. The van der Waals surface area contributed by atoms with Gasteiger partial charge in [-0.1, -0.05) is 19.3 Å². The molecule has 0 saturated heterocycles. The van der Waals surface area contributed by atoms with Gasteiger partial charge in [0, 0.05) is 13.0 Å². The van der Waals surface area contributed by atoms with E-state index in [9.17, 15) is 9.59 Å².